The second-order valence-corrected chi connectivity index (χ2v) is 5.40. The highest BCUT2D eigenvalue weighted by Crippen LogP contribution is 2.27. The molecule has 1 aromatic heterocycles. The summed E-state index contributed by atoms with van der Waals surface area (Å²) in [5, 5.41) is 0. The van der Waals surface area contributed by atoms with E-state index < -0.39 is 0 Å². The van der Waals surface area contributed by atoms with Gasteiger partial charge in [-0.3, -0.25) is 0 Å². The summed E-state index contributed by atoms with van der Waals surface area (Å²) in [5.41, 5.74) is 0. The summed E-state index contributed by atoms with van der Waals surface area (Å²) in [6.45, 7) is 0. The average molecular weight is 309 g/mol. The Morgan fingerprint density at radius 2 is 1.32 bits per heavy atom. The predicted molar refractivity (Wildman–Crippen MR) is 89.1 cm³/mol. The molecule has 0 saturated heterocycles. The Morgan fingerprint density at radius 3 is 1.86 bits per heavy atom. The number of aromatic nitrogens is 1. The zero-order chi connectivity index (χ0) is 15.2. The molecule has 1 heterocycles. The molecule has 0 spiro atoms. The SMILES string of the molecule is CSc1ccc(Oc2ccc(Oc3ccccn3)cc2)cc1. The average Bonchev–Trinajstić information content (AvgIpc) is 2.58. The highest BCUT2D eigenvalue weighted by molar-refractivity contribution is 7.98. The van der Waals surface area contributed by atoms with Gasteiger partial charge >= 0.3 is 0 Å². The van der Waals surface area contributed by atoms with Crippen molar-refractivity contribution in [1.29, 1.82) is 0 Å². The Morgan fingerprint density at radius 1 is 0.727 bits per heavy atom. The molecule has 3 rings (SSSR count). The normalized spacial score (nSPS) is 10.2. The Hall–Kier alpha value is -2.46. The molecule has 0 aliphatic heterocycles. The lowest BCUT2D eigenvalue weighted by Gasteiger charge is -2.08. The number of ether oxygens (including phenoxy) is 2. The standard InChI is InChI=1S/C18H15NO2S/c1-22-17-11-9-15(10-12-17)20-14-5-7-16(8-6-14)21-18-4-2-3-13-19-18/h2-13H,1H3. The van der Waals surface area contributed by atoms with E-state index in [1.807, 2.05) is 66.7 Å². The maximum atomic E-state index is 5.80. The fraction of sp³-hybridized carbons (Fsp3) is 0.0556. The van der Waals surface area contributed by atoms with E-state index in [0.29, 0.717) is 5.88 Å². The first-order valence-electron chi connectivity index (χ1n) is 6.84. The second-order valence-electron chi connectivity index (χ2n) is 4.52. The van der Waals surface area contributed by atoms with Crippen LogP contribution in [0.1, 0.15) is 0 Å². The van der Waals surface area contributed by atoms with E-state index in [1.165, 1.54) is 4.90 Å². The van der Waals surface area contributed by atoms with Gasteiger partial charge < -0.3 is 9.47 Å². The minimum absolute atomic E-state index is 0.573. The van der Waals surface area contributed by atoms with E-state index >= 15 is 0 Å². The van der Waals surface area contributed by atoms with Crippen LogP contribution in [0.2, 0.25) is 0 Å². The van der Waals surface area contributed by atoms with Crippen molar-refractivity contribution in [2.24, 2.45) is 0 Å². The number of nitrogens with zero attached hydrogens (tertiary/aromatic N) is 1. The molecule has 0 fully saturated rings. The second kappa shape index (κ2) is 7.00. The number of thioether (sulfide) groups is 1. The van der Waals surface area contributed by atoms with Gasteiger partial charge in [0.1, 0.15) is 17.2 Å². The molecule has 0 unspecified atom stereocenters. The Bertz CT molecular complexity index is 712. The maximum absolute atomic E-state index is 5.80. The molecule has 22 heavy (non-hydrogen) atoms. The highest BCUT2D eigenvalue weighted by Gasteiger charge is 2.01. The Labute approximate surface area is 133 Å². The van der Waals surface area contributed by atoms with Gasteiger partial charge in [-0.2, -0.15) is 0 Å². The lowest BCUT2D eigenvalue weighted by atomic mass is 10.3. The molecule has 4 heteroatoms. The van der Waals surface area contributed by atoms with E-state index in [0.717, 1.165) is 17.2 Å². The molecule has 2 aromatic carbocycles. The highest BCUT2D eigenvalue weighted by atomic mass is 32.2. The van der Waals surface area contributed by atoms with Crippen LogP contribution >= 0.6 is 11.8 Å². The van der Waals surface area contributed by atoms with Gasteiger partial charge in [-0.05, 0) is 60.9 Å². The van der Waals surface area contributed by atoms with Gasteiger partial charge in [0.15, 0.2) is 0 Å². The van der Waals surface area contributed by atoms with Crippen molar-refractivity contribution >= 4 is 11.8 Å². The molecule has 3 aromatic rings. The van der Waals surface area contributed by atoms with Crippen LogP contribution in [0.5, 0.6) is 23.1 Å². The third-order valence-corrected chi connectivity index (χ3v) is 3.72. The molecule has 3 nitrogen and oxygen atoms in total. The molecule has 0 radical (unpaired) electrons. The van der Waals surface area contributed by atoms with E-state index in [2.05, 4.69) is 11.2 Å². The molecular weight excluding hydrogens is 294 g/mol. The van der Waals surface area contributed by atoms with Crippen molar-refractivity contribution in [3.05, 3.63) is 72.9 Å². The van der Waals surface area contributed by atoms with Crippen molar-refractivity contribution in [1.82, 2.24) is 4.98 Å². The molecule has 0 aliphatic carbocycles. The number of benzene rings is 2. The van der Waals surface area contributed by atoms with Gasteiger partial charge in [0.25, 0.3) is 0 Å². The minimum atomic E-state index is 0.573. The molecule has 0 aliphatic rings. The van der Waals surface area contributed by atoms with Crippen molar-refractivity contribution < 1.29 is 9.47 Å². The summed E-state index contributed by atoms with van der Waals surface area (Å²) in [4.78, 5) is 5.34. The molecule has 0 atom stereocenters. The van der Waals surface area contributed by atoms with Crippen LogP contribution < -0.4 is 9.47 Å². The summed E-state index contributed by atoms with van der Waals surface area (Å²) >= 11 is 1.71. The van der Waals surface area contributed by atoms with Gasteiger partial charge in [-0.25, -0.2) is 4.98 Å². The fourth-order valence-corrected chi connectivity index (χ4v) is 2.29. The van der Waals surface area contributed by atoms with Crippen molar-refractivity contribution in [2.45, 2.75) is 4.90 Å². The van der Waals surface area contributed by atoms with Crippen LogP contribution in [0.3, 0.4) is 0 Å². The zero-order valence-electron chi connectivity index (χ0n) is 12.1. The van der Waals surface area contributed by atoms with Crippen LogP contribution in [0, 0.1) is 0 Å². The van der Waals surface area contributed by atoms with E-state index in [4.69, 9.17) is 9.47 Å². The smallest absolute Gasteiger partial charge is 0.219 e. The fourth-order valence-electron chi connectivity index (χ4n) is 1.88. The summed E-state index contributed by atoms with van der Waals surface area (Å²) < 4.78 is 11.4. The first-order chi connectivity index (χ1) is 10.8. The summed E-state index contributed by atoms with van der Waals surface area (Å²) in [5.74, 6) is 2.88. The summed E-state index contributed by atoms with van der Waals surface area (Å²) in [7, 11) is 0. The predicted octanol–water partition coefficient (Wildman–Crippen LogP) is 5.39. The van der Waals surface area contributed by atoms with Crippen molar-refractivity contribution in [3.63, 3.8) is 0 Å². The number of hydrogen-bond donors (Lipinski definition) is 0. The van der Waals surface area contributed by atoms with Crippen LogP contribution in [-0.2, 0) is 0 Å². The number of hydrogen-bond acceptors (Lipinski definition) is 4. The van der Waals surface area contributed by atoms with Crippen LogP contribution in [0.25, 0.3) is 0 Å². The molecule has 0 amide bonds. The number of pyridine rings is 1. The van der Waals surface area contributed by atoms with Crippen molar-refractivity contribution in [2.75, 3.05) is 6.26 Å². The maximum Gasteiger partial charge on any atom is 0.219 e. The summed E-state index contributed by atoms with van der Waals surface area (Å²) in [6, 6.07) is 21.0. The van der Waals surface area contributed by atoms with Gasteiger partial charge in [-0.15, -0.1) is 11.8 Å². The Kier molecular flexibility index (Phi) is 4.61. The van der Waals surface area contributed by atoms with Crippen LogP contribution in [0.15, 0.2) is 77.8 Å². The molecule has 110 valence electrons. The molecule has 0 N–H and O–H groups in total. The van der Waals surface area contributed by atoms with Crippen molar-refractivity contribution in [3.8, 4) is 23.1 Å². The quantitative estimate of drug-likeness (QED) is 0.591. The van der Waals surface area contributed by atoms with Gasteiger partial charge in [0.2, 0.25) is 5.88 Å². The van der Waals surface area contributed by atoms with E-state index in [9.17, 15) is 0 Å². The van der Waals surface area contributed by atoms with Crippen LogP contribution in [0.4, 0.5) is 0 Å². The van der Waals surface area contributed by atoms with E-state index in [1.54, 1.807) is 18.0 Å². The number of rotatable bonds is 5. The summed E-state index contributed by atoms with van der Waals surface area (Å²) in [6.07, 6.45) is 3.75. The minimum Gasteiger partial charge on any atom is -0.457 e. The van der Waals surface area contributed by atoms with E-state index in [-0.39, 0.29) is 0 Å². The third-order valence-electron chi connectivity index (χ3n) is 2.98. The first kappa shape index (κ1) is 14.5. The molecule has 0 saturated carbocycles. The molecule has 0 bridgehead atoms. The largest absolute Gasteiger partial charge is 0.457 e. The third kappa shape index (κ3) is 3.80. The van der Waals surface area contributed by atoms with Gasteiger partial charge in [0, 0.05) is 17.2 Å². The zero-order valence-corrected chi connectivity index (χ0v) is 12.9. The van der Waals surface area contributed by atoms with Gasteiger partial charge in [0.05, 0.1) is 0 Å². The van der Waals surface area contributed by atoms with Gasteiger partial charge in [-0.1, -0.05) is 6.07 Å². The monoisotopic (exact) mass is 309 g/mol. The molecular formula is C18H15NO2S. The first-order valence-corrected chi connectivity index (χ1v) is 8.07. The Balaban J connectivity index is 1.66. The topological polar surface area (TPSA) is 31.4 Å². The van der Waals surface area contributed by atoms with Crippen LogP contribution in [-0.4, -0.2) is 11.2 Å². The lowest BCUT2D eigenvalue weighted by Crippen LogP contribution is -1.87. The lowest BCUT2D eigenvalue weighted by molar-refractivity contribution is 0.456.